The second-order valence-electron chi connectivity index (χ2n) is 9.07. The first-order valence-corrected chi connectivity index (χ1v) is 12.3. The van der Waals surface area contributed by atoms with E-state index in [9.17, 15) is 40.2 Å². The van der Waals surface area contributed by atoms with Crippen LogP contribution in [0, 0.1) is 5.92 Å². The third kappa shape index (κ3) is 6.90. The molecule has 14 heteroatoms. The van der Waals surface area contributed by atoms with Crippen LogP contribution in [0.1, 0.15) is 25.0 Å². The molecule has 0 amide bonds. The summed E-state index contributed by atoms with van der Waals surface area (Å²) < 4.78 is 32.2. The van der Waals surface area contributed by atoms with Crippen molar-refractivity contribution in [1.29, 1.82) is 0 Å². The predicted octanol–water partition coefficient (Wildman–Crippen LogP) is -0.489. The normalized spacial score (nSPS) is 30.2. The molecular weight excluding hydrogens is 536 g/mol. The lowest BCUT2D eigenvalue weighted by Crippen LogP contribution is -2.60. The van der Waals surface area contributed by atoms with E-state index in [1.807, 2.05) is 0 Å². The second-order valence-corrected chi connectivity index (χ2v) is 9.07. The van der Waals surface area contributed by atoms with Gasteiger partial charge in [-0.25, -0.2) is 4.79 Å². The van der Waals surface area contributed by atoms with Crippen LogP contribution >= 0.6 is 0 Å². The molecule has 0 radical (unpaired) electrons. The van der Waals surface area contributed by atoms with E-state index >= 15 is 0 Å². The molecule has 2 aliphatic rings. The van der Waals surface area contributed by atoms with Gasteiger partial charge in [0.1, 0.15) is 37.1 Å². The molecule has 2 aliphatic heterocycles. The largest absolute Gasteiger partial charge is 0.504 e. The molecule has 222 valence electrons. The van der Waals surface area contributed by atoms with Crippen LogP contribution in [0.5, 0.6) is 11.5 Å². The quantitative estimate of drug-likeness (QED) is 0.119. The number of methoxy groups -OCH3 is 2. The fourth-order valence-corrected chi connectivity index (χ4v) is 4.36. The standard InChI is InChI=1S/C26H34O14/c1-4-13-14(8-20(30)37-11-19(35-2)12-5-6-16(28)17(29)7-12)15(24(34)36-3)10-38-25(13)40-26-23(33)22(32)21(31)18(9-27)39-26/h4-7,10,14,18-19,21-23,25-29,31-33H,8-9,11H2,1-3H3/b13-4-/t14?,18-,19?,21-,22+,23-,25?,26+/m1/s1. The number of rotatable bonds is 10. The minimum Gasteiger partial charge on any atom is -0.504 e. The number of phenols is 2. The molecule has 8 atom stereocenters. The topological polar surface area (TPSA) is 211 Å². The number of aliphatic hydroxyl groups is 4. The van der Waals surface area contributed by atoms with Crippen molar-refractivity contribution in [3.05, 3.63) is 47.2 Å². The van der Waals surface area contributed by atoms with E-state index in [1.165, 1.54) is 31.4 Å². The number of aromatic hydroxyl groups is 2. The highest BCUT2D eigenvalue weighted by molar-refractivity contribution is 5.90. The molecule has 14 nitrogen and oxygen atoms in total. The van der Waals surface area contributed by atoms with Crippen molar-refractivity contribution in [3.8, 4) is 11.5 Å². The van der Waals surface area contributed by atoms with Crippen LogP contribution in [-0.4, -0.2) is 107 Å². The molecule has 3 unspecified atom stereocenters. The van der Waals surface area contributed by atoms with Crippen LogP contribution in [0.25, 0.3) is 0 Å². The van der Waals surface area contributed by atoms with Gasteiger partial charge in [0.25, 0.3) is 0 Å². The van der Waals surface area contributed by atoms with Gasteiger partial charge >= 0.3 is 11.9 Å². The molecule has 0 aromatic heterocycles. The summed E-state index contributed by atoms with van der Waals surface area (Å²) in [5.74, 6) is -3.16. The van der Waals surface area contributed by atoms with Crippen LogP contribution in [-0.2, 0) is 38.0 Å². The number of allylic oxidation sites excluding steroid dienone is 1. The van der Waals surface area contributed by atoms with Crippen molar-refractivity contribution in [1.82, 2.24) is 0 Å². The zero-order valence-corrected chi connectivity index (χ0v) is 22.1. The summed E-state index contributed by atoms with van der Waals surface area (Å²) in [6.07, 6.45) is -7.63. The lowest BCUT2D eigenvalue weighted by Gasteiger charge is -2.41. The predicted molar refractivity (Wildman–Crippen MR) is 132 cm³/mol. The van der Waals surface area contributed by atoms with E-state index in [2.05, 4.69) is 0 Å². The van der Waals surface area contributed by atoms with Crippen molar-refractivity contribution in [3.63, 3.8) is 0 Å². The van der Waals surface area contributed by atoms with Gasteiger partial charge in [0.15, 0.2) is 17.8 Å². The first-order chi connectivity index (χ1) is 19.1. The number of carbonyl (C=O) groups excluding carboxylic acids is 2. The summed E-state index contributed by atoms with van der Waals surface area (Å²) in [6, 6.07) is 4.03. The summed E-state index contributed by atoms with van der Waals surface area (Å²) in [6.45, 7) is 0.676. The van der Waals surface area contributed by atoms with Crippen molar-refractivity contribution in [2.24, 2.45) is 5.92 Å². The highest BCUT2D eigenvalue weighted by atomic mass is 16.8. The zero-order chi connectivity index (χ0) is 29.6. The Morgan fingerprint density at radius 1 is 1.07 bits per heavy atom. The first kappa shape index (κ1) is 31.3. The van der Waals surface area contributed by atoms with Crippen LogP contribution in [0.4, 0.5) is 0 Å². The smallest absolute Gasteiger partial charge is 0.337 e. The highest BCUT2D eigenvalue weighted by Gasteiger charge is 2.47. The maximum absolute atomic E-state index is 12.9. The summed E-state index contributed by atoms with van der Waals surface area (Å²) in [4.78, 5) is 25.4. The first-order valence-electron chi connectivity index (χ1n) is 12.3. The van der Waals surface area contributed by atoms with Crippen LogP contribution in [0.15, 0.2) is 41.7 Å². The average molecular weight is 571 g/mol. The number of carbonyl (C=O) groups is 2. The lowest BCUT2D eigenvalue weighted by atomic mass is 9.86. The van der Waals surface area contributed by atoms with Gasteiger partial charge in [-0.1, -0.05) is 12.1 Å². The van der Waals surface area contributed by atoms with E-state index in [-0.39, 0.29) is 35.7 Å². The van der Waals surface area contributed by atoms with E-state index in [0.29, 0.717) is 5.56 Å². The van der Waals surface area contributed by atoms with Gasteiger partial charge in [0, 0.05) is 18.6 Å². The number of esters is 2. The lowest BCUT2D eigenvalue weighted by molar-refractivity contribution is -0.327. The highest BCUT2D eigenvalue weighted by Crippen LogP contribution is 2.36. The fourth-order valence-electron chi connectivity index (χ4n) is 4.36. The number of aliphatic hydroxyl groups excluding tert-OH is 4. The molecule has 3 rings (SSSR count). The summed E-state index contributed by atoms with van der Waals surface area (Å²) >= 11 is 0. The molecule has 1 aromatic carbocycles. The van der Waals surface area contributed by atoms with Gasteiger partial charge in [-0.05, 0) is 24.6 Å². The van der Waals surface area contributed by atoms with Crippen LogP contribution < -0.4 is 0 Å². The second kappa shape index (κ2) is 13.9. The molecule has 0 aliphatic carbocycles. The number of benzene rings is 1. The average Bonchev–Trinajstić information content (AvgIpc) is 2.95. The van der Waals surface area contributed by atoms with Crippen molar-refractivity contribution >= 4 is 11.9 Å². The molecule has 1 saturated heterocycles. The maximum atomic E-state index is 12.9. The van der Waals surface area contributed by atoms with E-state index in [4.69, 9.17) is 28.4 Å². The molecule has 0 bridgehead atoms. The number of ether oxygens (including phenoxy) is 6. The van der Waals surface area contributed by atoms with E-state index in [1.54, 1.807) is 6.92 Å². The molecule has 6 N–H and O–H groups in total. The third-order valence-electron chi connectivity index (χ3n) is 6.65. The minimum atomic E-state index is -1.71. The summed E-state index contributed by atoms with van der Waals surface area (Å²) in [5.41, 5.74) is 0.686. The van der Waals surface area contributed by atoms with E-state index in [0.717, 1.165) is 13.4 Å². The zero-order valence-electron chi connectivity index (χ0n) is 22.1. The molecule has 1 fully saturated rings. The SMILES string of the molecule is C/C=C1\C(O[C@@H]2O[C@H](CO)[C@@H](O)[C@H](O)[C@H]2O)OC=C(C(=O)OC)C1CC(=O)OCC(OC)c1ccc(O)c(O)c1. The van der Waals surface area contributed by atoms with Gasteiger partial charge in [0.2, 0.25) is 6.29 Å². The summed E-state index contributed by atoms with van der Waals surface area (Å²) in [7, 11) is 2.53. The number of hydrogen-bond acceptors (Lipinski definition) is 14. The van der Waals surface area contributed by atoms with E-state index < -0.39 is 67.6 Å². The third-order valence-corrected chi connectivity index (χ3v) is 6.65. The van der Waals surface area contributed by atoms with Gasteiger partial charge in [0.05, 0.1) is 32.0 Å². The molecule has 1 aromatic rings. The van der Waals surface area contributed by atoms with Crippen molar-refractivity contribution in [2.45, 2.75) is 56.4 Å². The van der Waals surface area contributed by atoms with Crippen LogP contribution in [0.3, 0.4) is 0 Å². The van der Waals surface area contributed by atoms with Crippen molar-refractivity contribution < 1.29 is 68.6 Å². The molecule has 0 saturated carbocycles. The fraction of sp³-hybridized carbons (Fsp3) is 0.538. The molecule has 0 spiro atoms. The number of phenolic OH excluding ortho intramolecular Hbond substituents is 2. The van der Waals surface area contributed by atoms with Crippen molar-refractivity contribution in [2.75, 3.05) is 27.4 Å². The van der Waals surface area contributed by atoms with Gasteiger partial charge < -0.3 is 59.1 Å². The minimum absolute atomic E-state index is 0.0204. The monoisotopic (exact) mass is 570 g/mol. The molecular formula is C26H34O14. The molecule has 2 heterocycles. The Bertz CT molecular complexity index is 1100. The maximum Gasteiger partial charge on any atom is 0.337 e. The Hall–Kier alpha value is -3.24. The molecule has 40 heavy (non-hydrogen) atoms. The Labute approximate surface area is 229 Å². The van der Waals surface area contributed by atoms with Gasteiger partial charge in [-0.15, -0.1) is 0 Å². The van der Waals surface area contributed by atoms with Gasteiger partial charge in [-0.3, -0.25) is 4.79 Å². The Morgan fingerprint density at radius 2 is 1.80 bits per heavy atom. The Kier molecular flexibility index (Phi) is 10.9. The number of hydrogen-bond donors (Lipinski definition) is 6. The Morgan fingerprint density at radius 3 is 2.40 bits per heavy atom. The van der Waals surface area contributed by atoms with Gasteiger partial charge in [-0.2, -0.15) is 0 Å². The summed E-state index contributed by atoms with van der Waals surface area (Å²) in [5, 5.41) is 59.2. The van der Waals surface area contributed by atoms with Crippen LogP contribution in [0.2, 0.25) is 0 Å². The Balaban J connectivity index is 1.75.